The fraction of sp³-hybridized carbons (Fsp3) is 0.222. The quantitative estimate of drug-likeness (QED) is 0.538. The van der Waals surface area contributed by atoms with Crippen LogP contribution in [-0.2, 0) is 17.5 Å². The van der Waals surface area contributed by atoms with E-state index in [1.807, 2.05) is 7.05 Å². The molecule has 3 rings (SSSR count). The van der Waals surface area contributed by atoms with Crippen LogP contribution in [0.25, 0.3) is 10.8 Å². The SMILES string of the molecule is COC(=O)c1cc(CSc2cc(C)c3ccccc3c2)n(C)n1. The zero-order chi connectivity index (χ0) is 16.4. The van der Waals surface area contributed by atoms with Gasteiger partial charge in [0.15, 0.2) is 5.69 Å². The van der Waals surface area contributed by atoms with Crippen LogP contribution < -0.4 is 0 Å². The Morgan fingerprint density at radius 3 is 2.83 bits per heavy atom. The van der Waals surface area contributed by atoms with Crippen molar-refractivity contribution >= 4 is 28.5 Å². The number of ether oxygens (including phenoxy) is 1. The zero-order valence-corrected chi connectivity index (χ0v) is 14.2. The Hall–Kier alpha value is -2.27. The lowest BCUT2D eigenvalue weighted by atomic mass is 10.1. The maximum atomic E-state index is 11.5. The summed E-state index contributed by atoms with van der Waals surface area (Å²) in [4.78, 5) is 12.7. The number of hydrogen-bond donors (Lipinski definition) is 0. The van der Waals surface area contributed by atoms with Gasteiger partial charge in [-0.05, 0) is 41.5 Å². The van der Waals surface area contributed by atoms with E-state index < -0.39 is 5.97 Å². The third kappa shape index (κ3) is 3.24. The first-order chi connectivity index (χ1) is 11.1. The van der Waals surface area contributed by atoms with Crippen molar-refractivity contribution < 1.29 is 9.53 Å². The highest BCUT2D eigenvalue weighted by Crippen LogP contribution is 2.29. The minimum atomic E-state index is -0.404. The first kappa shape index (κ1) is 15.6. The summed E-state index contributed by atoms with van der Waals surface area (Å²) in [6, 6.07) is 14.6. The molecule has 0 unspecified atom stereocenters. The minimum absolute atomic E-state index is 0.347. The molecule has 0 spiro atoms. The van der Waals surface area contributed by atoms with Gasteiger partial charge in [0, 0.05) is 23.4 Å². The molecule has 0 N–H and O–H groups in total. The van der Waals surface area contributed by atoms with Crippen LogP contribution in [0.5, 0.6) is 0 Å². The van der Waals surface area contributed by atoms with Crippen LogP contribution in [0.3, 0.4) is 0 Å². The first-order valence-electron chi connectivity index (χ1n) is 7.32. The zero-order valence-electron chi connectivity index (χ0n) is 13.4. The summed E-state index contributed by atoms with van der Waals surface area (Å²) in [7, 11) is 3.21. The summed E-state index contributed by atoms with van der Waals surface area (Å²) in [6.07, 6.45) is 0. The molecule has 1 aromatic heterocycles. The molecule has 118 valence electrons. The van der Waals surface area contributed by atoms with Crippen molar-refractivity contribution in [3.05, 3.63) is 59.4 Å². The molecule has 0 atom stereocenters. The standard InChI is InChI=1S/C18H18N2O2S/c1-12-8-15(9-13-6-4-5-7-16(12)13)23-11-14-10-17(18(21)22-3)19-20(14)2/h4-10H,11H2,1-3H3. The molecule has 0 aliphatic heterocycles. The summed E-state index contributed by atoms with van der Waals surface area (Å²) in [5.74, 6) is 0.344. The molecule has 0 amide bonds. The van der Waals surface area contributed by atoms with Crippen LogP contribution in [0, 0.1) is 6.92 Å². The van der Waals surface area contributed by atoms with Gasteiger partial charge in [0.2, 0.25) is 0 Å². The Labute approximate surface area is 139 Å². The Bertz CT molecular complexity index is 871. The van der Waals surface area contributed by atoms with Gasteiger partial charge in [-0.25, -0.2) is 4.79 Å². The lowest BCUT2D eigenvalue weighted by Crippen LogP contribution is -2.03. The molecule has 5 heteroatoms. The second kappa shape index (κ2) is 6.46. The predicted molar refractivity (Wildman–Crippen MR) is 92.8 cm³/mol. The number of thioether (sulfide) groups is 1. The number of esters is 1. The molecule has 0 fully saturated rings. The number of hydrogen-bond acceptors (Lipinski definition) is 4. The molecule has 4 nitrogen and oxygen atoms in total. The predicted octanol–water partition coefficient (Wildman–Crippen LogP) is 3.96. The lowest BCUT2D eigenvalue weighted by molar-refractivity contribution is 0.0593. The molecule has 3 aromatic rings. The van der Waals surface area contributed by atoms with Gasteiger partial charge in [0.05, 0.1) is 7.11 Å². The van der Waals surface area contributed by atoms with E-state index in [0.717, 1.165) is 11.4 Å². The smallest absolute Gasteiger partial charge is 0.358 e. The van der Waals surface area contributed by atoms with Gasteiger partial charge in [-0.3, -0.25) is 4.68 Å². The normalized spacial score (nSPS) is 10.9. The average Bonchev–Trinajstić information content (AvgIpc) is 2.93. The minimum Gasteiger partial charge on any atom is -0.464 e. The van der Waals surface area contributed by atoms with E-state index >= 15 is 0 Å². The van der Waals surface area contributed by atoms with E-state index in [1.165, 1.54) is 28.3 Å². The van der Waals surface area contributed by atoms with Crippen molar-refractivity contribution in [3.63, 3.8) is 0 Å². The van der Waals surface area contributed by atoms with Crippen LogP contribution in [-0.4, -0.2) is 22.9 Å². The third-order valence-corrected chi connectivity index (χ3v) is 4.81. The van der Waals surface area contributed by atoms with Gasteiger partial charge < -0.3 is 4.74 Å². The molecular weight excluding hydrogens is 308 g/mol. The highest BCUT2D eigenvalue weighted by atomic mass is 32.2. The second-order valence-corrected chi connectivity index (χ2v) is 6.43. The molecule has 0 saturated heterocycles. The van der Waals surface area contributed by atoms with Crippen LogP contribution in [0.15, 0.2) is 47.4 Å². The van der Waals surface area contributed by atoms with Crippen LogP contribution in [0.1, 0.15) is 21.7 Å². The molecule has 0 aliphatic rings. The summed E-state index contributed by atoms with van der Waals surface area (Å²) in [6.45, 7) is 2.13. The average molecular weight is 326 g/mol. The monoisotopic (exact) mass is 326 g/mol. The second-order valence-electron chi connectivity index (χ2n) is 5.39. The van der Waals surface area contributed by atoms with Gasteiger partial charge in [0.1, 0.15) is 0 Å². The Kier molecular flexibility index (Phi) is 4.39. The Morgan fingerprint density at radius 2 is 2.04 bits per heavy atom. The number of carbonyl (C=O) groups excluding carboxylic acids is 1. The molecule has 0 bridgehead atoms. The summed E-state index contributed by atoms with van der Waals surface area (Å²) < 4.78 is 6.44. The van der Waals surface area contributed by atoms with Crippen LogP contribution >= 0.6 is 11.8 Å². The van der Waals surface area contributed by atoms with Crippen molar-refractivity contribution in [1.29, 1.82) is 0 Å². The number of benzene rings is 2. The number of aryl methyl sites for hydroxylation is 2. The highest BCUT2D eigenvalue weighted by molar-refractivity contribution is 7.98. The van der Waals surface area contributed by atoms with E-state index in [2.05, 4.69) is 48.4 Å². The van der Waals surface area contributed by atoms with Crippen LogP contribution in [0.4, 0.5) is 0 Å². The molecular formula is C18H18N2O2S. The molecule has 2 aromatic carbocycles. The molecule has 23 heavy (non-hydrogen) atoms. The summed E-state index contributed by atoms with van der Waals surface area (Å²) >= 11 is 1.74. The van der Waals surface area contributed by atoms with E-state index in [9.17, 15) is 4.79 Å². The highest BCUT2D eigenvalue weighted by Gasteiger charge is 2.13. The maximum Gasteiger partial charge on any atom is 0.358 e. The largest absolute Gasteiger partial charge is 0.464 e. The Balaban J connectivity index is 1.81. The van der Waals surface area contributed by atoms with Gasteiger partial charge in [-0.2, -0.15) is 5.10 Å². The number of aromatic nitrogens is 2. The number of methoxy groups -OCH3 is 1. The molecule has 0 aliphatic carbocycles. The van der Waals surface area contributed by atoms with Gasteiger partial charge in [0.25, 0.3) is 0 Å². The Morgan fingerprint density at radius 1 is 1.26 bits per heavy atom. The van der Waals surface area contributed by atoms with Gasteiger partial charge in [-0.15, -0.1) is 11.8 Å². The third-order valence-electron chi connectivity index (χ3n) is 3.80. The summed E-state index contributed by atoms with van der Waals surface area (Å²) in [5, 5.41) is 6.72. The topological polar surface area (TPSA) is 44.1 Å². The van der Waals surface area contributed by atoms with Gasteiger partial charge >= 0.3 is 5.97 Å². The fourth-order valence-corrected chi connectivity index (χ4v) is 3.61. The molecule has 1 heterocycles. The number of nitrogens with zero attached hydrogens (tertiary/aromatic N) is 2. The van der Waals surface area contributed by atoms with Crippen molar-refractivity contribution in [3.8, 4) is 0 Å². The number of rotatable bonds is 4. The summed E-state index contributed by atoms with van der Waals surface area (Å²) in [5.41, 5.74) is 2.60. The first-order valence-corrected chi connectivity index (χ1v) is 8.30. The van der Waals surface area contributed by atoms with E-state index in [0.29, 0.717) is 5.69 Å². The van der Waals surface area contributed by atoms with Crippen molar-refractivity contribution in [1.82, 2.24) is 9.78 Å². The van der Waals surface area contributed by atoms with E-state index in [4.69, 9.17) is 4.74 Å². The lowest BCUT2D eigenvalue weighted by Gasteiger charge is -2.07. The number of carbonyl (C=O) groups is 1. The van der Waals surface area contributed by atoms with Crippen molar-refractivity contribution in [2.24, 2.45) is 7.05 Å². The van der Waals surface area contributed by atoms with Crippen molar-refractivity contribution in [2.75, 3.05) is 7.11 Å². The van der Waals surface area contributed by atoms with Crippen LogP contribution in [0.2, 0.25) is 0 Å². The van der Waals surface area contributed by atoms with Gasteiger partial charge in [-0.1, -0.05) is 24.3 Å². The maximum absolute atomic E-state index is 11.5. The molecule has 0 radical (unpaired) electrons. The molecule has 0 saturated carbocycles. The van der Waals surface area contributed by atoms with E-state index in [1.54, 1.807) is 22.5 Å². The number of fused-ring (bicyclic) bond motifs is 1. The van der Waals surface area contributed by atoms with E-state index in [-0.39, 0.29) is 0 Å². The van der Waals surface area contributed by atoms with Crippen molar-refractivity contribution in [2.45, 2.75) is 17.6 Å². The fourth-order valence-electron chi connectivity index (χ4n) is 2.55.